The van der Waals surface area contributed by atoms with Crippen molar-refractivity contribution in [1.29, 1.82) is 0 Å². The molecule has 1 N–H and O–H groups in total. The number of ether oxygens (including phenoxy) is 1. The second-order valence-corrected chi connectivity index (χ2v) is 6.22. The lowest BCUT2D eigenvalue weighted by Crippen LogP contribution is -2.51. The fraction of sp³-hybridized carbons (Fsp3) is 0.938. The van der Waals surface area contributed by atoms with Crippen LogP contribution in [0.2, 0.25) is 0 Å². The highest BCUT2D eigenvalue weighted by Gasteiger charge is 2.32. The molecule has 0 radical (unpaired) electrons. The second kappa shape index (κ2) is 7.99. The summed E-state index contributed by atoms with van der Waals surface area (Å²) in [6.45, 7) is 8.30. The number of likely N-dealkylation sites (N-methyl/N-ethyl adjacent to an activating group) is 1. The Kier molecular flexibility index (Phi) is 6.30. The molecule has 0 aromatic carbocycles. The van der Waals surface area contributed by atoms with Gasteiger partial charge in [-0.05, 0) is 44.7 Å². The first-order valence-corrected chi connectivity index (χ1v) is 8.37. The number of carbonyl (C=O) groups excluding carboxylic acids is 1. The molecule has 3 unspecified atom stereocenters. The molecule has 0 spiro atoms. The zero-order valence-corrected chi connectivity index (χ0v) is 13.1. The van der Waals surface area contributed by atoms with E-state index in [9.17, 15) is 4.79 Å². The number of likely N-dealkylation sites (tertiary alicyclic amines) is 1. The normalized spacial score (nSPS) is 28.7. The van der Waals surface area contributed by atoms with Crippen LogP contribution >= 0.6 is 0 Å². The molecular weight excluding hydrogens is 252 g/mol. The molecule has 1 saturated heterocycles. The highest BCUT2D eigenvalue weighted by atomic mass is 16.5. The summed E-state index contributed by atoms with van der Waals surface area (Å²) < 4.78 is 5.18. The van der Waals surface area contributed by atoms with Gasteiger partial charge >= 0.3 is 5.97 Å². The molecule has 2 aliphatic rings. The lowest BCUT2D eigenvalue weighted by atomic mass is 9.75. The van der Waals surface area contributed by atoms with Gasteiger partial charge in [-0.1, -0.05) is 26.2 Å². The van der Waals surface area contributed by atoms with Crippen molar-refractivity contribution in [3.63, 3.8) is 0 Å². The molecule has 0 amide bonds. The number of nitrogens with zero attached hydrogens (tertiary/aromatic N) is 1. The molecule has 0 aromatic heterocycles. The fourth-order valence-electron chi connectivity index (χ4n) is 3.81. The maximum absolute atomic E-state index is 12.0. The van der Waals surface area contributed by atoms with Crippen molar-refractivity contribution in [3.05, 3.63) is 0 Å². The van der Waals surface area contributed by atoms with E-state index in [1.807, 2.05) is 13.8 Å². The Hall–Kier alpha value is -0.610. The number of carbonyl (C=O) groups is 1. The van der Waals surface area contributed by atoms with Gasteiger partial charge in [-0.25, -0.2) is 0 Å². The number of piperidine rings is 1. The molecule has 20 heavy (non-hydrogen) atoms. The molecule has 1 saturated carbocycles. The van der Waals surface area contributed by atoms with E-state index < -0.39 is 0 Å². The Morgan fingerprint density at radius 3 is 2.70 bits per heavy atom. The minimum Gasteiger partial charge on any atom is -0.465 e. The molecule has 4 heteroatoms. The van der Waals surface area contributed by atoms with Crippen LogP contribution in [0.4, 0.5) is 0 Å². The number of fused-ring (bicyclic) bond motifs is 1. The van der Waals surface area contributed by atoms with Crippen LogP contribution in [0.25, 0.3) is 0 Å². The lowest BCUT2D eigenvalue weighted by Gasteiger charge is -2.42. The smallest absolute Gasteiger partial charge is 0.324 e. The Bertz CT molecular complexity index is 309. The van der Waals surface area contributed by atoms with Crippen molar-refractivity contribution in [3.8, 4) is 0 Å². The van der Waals surface area contributed by atoms with Gasteiger partial charge in [0.15, 0.2) is 0 Å². The third-order valence-electron chi connectivity index (χ3n) is 4.84. The van der Waals surface area contributed by atoms with Crippen LogP contribution in [0.5, 0.6) is 0 Å². The van der Waals surface area contributed by atoms with E-state index in [2.05, 4.69) is 10.2 Å². The van der Waals surface area contributed by atoms with Crippen LogP contribution in [0.3, 0.4) is 0 Å². The van der Waals surface area contributed by atoms with Crippen LogP contribution in [-0.4, -0.2) is 49.7 Å². The summed E-state index contributed by atoms with van der Waals surface area (Å²) in [7, 11) is 0. The highest BCUT2D eigenvalue weighted by molar-refractivity contribution is 5.76. The summed E-state index contributed by atoms with van der Waals surface area (Å²) in [5.74, 6) is 1.71. The maximum atomic E-state index is 12.0. The number of rotatable bonds is 6. The van der Waals surface area contributed by atoms with Crippen molar-refractivity contribution in [1.82, 2.24) is 10.2 Å². The summed E-state index contributed by atoms with van der Waals surface area (Å²) in [5, 5.41) is 3.27. The largest absolute Gasteiger partial charge is 0.465 e. The standard InChI is InChI=1S/C16H30N2O2/c1-3-17-15(16(19)20-4-2)12-18-10-9-13-7-5-6-8-14(13)11-18/h13-15,17H,3-12H2,1-2H3. The van der Waals surface area contributed by atoms with Gasteiger partial charge in [0, 0.05) is 13.1 Å². The van der Waals surface area contributed by atoms with Gasteiger partial charge in [0.25, 0.3) is 0 Å². The van der Waals surface area contributed by atoms with Gasteiger partial charge in [0.1, 0.15) is 6.04 Å². The molecule has 3 atom stereocenters. The van der Waals surface area contributed by atoms with E-state index in [4.69, 9.17) is 4.74 Å². The van der Waals surface area contributed by atoms with E-state index in [1.165, 1.54) is 38.6 Å². The van der Waals surface area contributed by atoms with Gasteiger partial charge < -0.3 is 15.0 Å². The van der Waals surface area contributed by atoms with Crippen LogP contribution in [0, 0.1) is 11.8 Å². The first-order valence-electron chi connectivity index (χ1n) is 8.37. The predicted molar refractivity (Wildman–Crippen MR) is 80.6 cm³/mol. The summed E-state index contributed by atoms with van der Waals surface area (Å²) in [6, 6.07) is -0.167. The molecule has 2 rings (SSSR count). The number of hydrogen-bond acceptors (Lipinski definition) is 4. The first kappa shape index (κ1) is 15.8. The summed E-state index contributed by atoms with van der Waals surface area (Å²) in [5.41, 5.74) is 0. The van der Waals surface area contributed by atoms with Crippen molar-refractivity contribution >= 4 is 5.97 Å². The molecule has 1 aliphatic carbocycles. The van der Waals surface area contributed by atoms with Gasteiger partial charge in [-0.2, -0.15) is 0 Å². The molecule has 0 bridgehead atoms. The minimum atomic E-state index is -0.167. The quantitative estimate of drug-likeness (QED) is 0.757. The number of nitrogens with one attached hydrogen (secondary N) is 1. The molecule has 4 nitrogen and oxygen atoms in total. The van der Waals surface area contributed by atoms with Crippen LogP contribution in [0.15, 0.2) is 0 Å². The van der Waals surface area contributed by atoms with E-state index in [-0.39, 0.29) is 12.0 Å². The van der Waals surface area contributed by atoms with E-state index in [1.54, 1.807) is 0 Å². The van der Waals surface area contributed by atoms with E-state index >= 15 is 0 Å². The van der Waals surface area contributed by atoms with Crippen LogP contribution in [0.1, 0.15) is 46.0 Å². The minimum absolute atomic E-state index is 0.0971. The highest BCUT2D eigenvalue weighted by Crippen LogP contribution is 2.35. The first-order chi connectivity index (χ1) is 9.74. The van der Waals surface area contributed by atoms with Crippen molar-refractivity contribution < 1.29 is 9.53 Å². The van der Waals surface area contributed by atoms with Crippen molar-refractivity contribution in [2.45, 2.75) is 52.0 Å². The van der Waals surface area contributed by atoms with Crippen LogP contribution < -0.4 is 5.32 Å². The molecule has 0 aromatic rings. The molecule has 2 fully saturated rings. The molecule has 1 aliphatic heterocycles. The summed E-state index contributed by atoms with van der Waals surface area (Å²) >= 11 is 0. The Morgan fingerprint density at radius 2 is 2.00 bits per heavy atom. The van der Waals surface area contributed by atoms with Gasteiger partial charge in [0.2, 0.25) is 0 Å². The van der Waals surface area contributed by atoms with Crippen LogP contribution in [-0.2, 0) is 9.53 Å². The zero-order valence-electron chi connectivity index (χ0n) is 13.1. The molecule has 116 valence electrons. The summed E-state index contributed by atoms with van der Waals surface area (Å²) in [4.78, 5) is 14.4. The molecule has 1 heterocycles. The molecular formula is C16H30N2O2. The van der Waals surface area contributed by atoms with Gasteiger partial charge in [0.05, 0.1) is 6.61 Å². The lowest BCUT2D eigenvalue weighted by molar-refractivity contribution is -0.146. The summed E-state index contributed by atoms with van der Waals surface area (Å²) in [6.07, 6.45) is 6.93. The second-order valence-electron chi connectivity index (χ2n) is 6.22. The third-order valence-corrected chi connectivity index (χ3v) is 4.84. The Labute approximate surface area is 123 Å². The van der Waals surface area contributed by atoms with Gasteiger partial charge in [-0.3, -0.25) is 4.79 Å². The number of hydrogen-bond donors (Lipinski definition) is 1. The van der Waals surface area contributed by atoms with Crippen molar-refractivity contribution in [2.24, 2.45) is 11.8 Å². The maximum Gasteiger partial charge on any atom is 0.324 e. The SMILES string of the molecule is CCNC(CN1CCC2CCCCC2C1)C(=O)OCC. The van der Waals surface area contributed by atoms with Gasteiger partial charge in [-0.15, -0.1) is 0 Å². The van der Waals surface area contributed by atoms with Crippen molar-refractivity contribution in [2.75, 3.05) is 32.8 Å². The average molecular weight is 282 g/mol. The van der Waals surface area contributed by atoms with E-state index in [0.717, 1.165) is 31.5 Å². The predicted octanol–water partition coefficient (Wildman–Crippen LogP) is 2.04. The monoisotopic (exact) mass is 282 g/mol. The fourth-order valence-corrected chi connectivity index (χ4v) is 3.81. The Morgan fingerprint density at radius 1 is 1.25 bits per heavy atom. The van der Waals surface area contributed by atoms with E-state index in [0.29, 0.717) is 6.61 Å². The topological polar surface area (TPSA) is 41.6 Å². The third kappa shape index (κ3) is 4.19. The zero-order chi connectivity index (χ0) is 14.4. The number of esters is 1. The average Bonchev–Trinajstić information content (AvgIpc) is 2.47. The Balaban J connectivity index is 1.85.